The largest absolute Gasteiger partial charge is 0.454 e. The first-order valence-electron chi connectivity index (χ1n) is 10.3. The van der Waals surface area contributed by atoms with Crippen LogP contribution < -0.4 is 0 Å². The van der Waals surface area contributed by atoms with Crippen LogP contribution in [0.25, 0.3) is 0 Å². The van der Waals surface area contributed by atoms with E-state index in [4.69, 9.17) is 4.42 Å². The van der Waals surface area contributed by atoms with Crippen LogP contribution in [0.5, 0.6) is 0 Å². The van der Waals surface area contributed by atoms with Gasteiger partial charge in [-0.1, -0.05) is 0 Å². The highest BCUT2D eigenvalue weighted by Crippen LogP contribution is 2.42. The summed E-state index contributed by atoms with van der Waals surface area (Å²) in [7, 11) is 0. The second kappa shape index (κ2) is 6.79. The van der Waals surface area contributed by atoms with Crippen molar-refractivity contribution < 1.29 is 14.0 Å². The zero-order chi connectivity index (χ0) is 19.1. The quantitative estimate of drug-likeness (QED) is 0.815. The molecular weight excluding hydrogens is 356 g/mol. The predicted octanol–water partition coefficient (Wildman–Crippen LogP) is 2.53. The zero-order valence-corrected chi connectivity index (χ0v) is 16.0. The van der Waals surface area contributed by atoms with Gasteiger partial charge in [0.05, 0.1) is 6.54 Å². The van der Waals surface area contributed by atoms with Crippen molar-refractivity contribution in [3.05, 3.63) is 42.1 Å². The van der Waals surface area contributed by atoms with Crippen molar-refractivity contribution in [1.29, 1.82) is 0 Å². The summed E-state index contributed by atoms with van der Waals surface area (Å²) < 4.78 is 7.59. The van der Waals surface area contributed by atoms with Gasteiger partial charge in [0.25, 0.3) is 5.91 Å². The van der Waals surface area contributed by atoms with Gasteiger partial charge in [0.2, 0.25) is 5.91 Å². The maximum atomic E-state index is 13.1. The minimum atomic E-state index is -0.0411. The van der Waals surface area contributed by atoms with Gasteiger partial charge in [-0.3, -0.25) is 14.3 Å². The van der Waals surface area contributed by atoms with Crippen molar-refractivity contribution in [1.82, 2.24) is 19.6 Å². The summed E-state index contributed by atoms with van der Waals surface area (Å²) in [6.45, 7) is 2.80. The molecule has 1 saturated carbocycles. The number of nitrogens with zero attached hydrogens (tertiary/aromatic N) is 4. The molecule has 2 saturated heterocycles. The smallest absolute Gasteiger partial charge is 0.289 e. The summed E-state index contributed by atoms with van der Waals surface area (Å²) in [6, 6.07) is 5.93. The highest BCUT2D eigenvalue weighted by Gasteiger charge is 2.46. The van der Waals surface area contributed by atoms with Crippen LogP contribution in [0.2, 0.25) is 0 Å². The number of carbonyl (C=O) groups is 2. The molecule has 1 aliphatic carbocycles. The molecular formula is C21H26N4O3. The van der Waals surface area contributed by atoms with E-state index < -0.39 is 0 Å². The number of hydrogen-bond donors (Lipinski definition) is 0. The van der Waals surface area contributed by atoms with Crippen LogP contribution in [-0.4, -0.2) is 57.1 Å². The van der Waals surface area contributed by atoms with E-state index in [-0.39, 0.29) is 11.3 Å². The van der Waals surface area contributed by atoms with Gasteiger partial charge in [0.1, 0.15) is 5.76 Å². The first-order chi connectivity index (χ1) is 13.6. The van der Waals surface area contributed by atoms with Gasteiger partial charge >= 0.3 is 0 Å². The normalized spacial score (nSPS) is 25.5. The lowest BCUT2D eigenvalue weighted by molar-refractivity contribution is -0.139. The van der Waals surface area contributed by atoms with Crippen molar-refractivity contribution >= 4 is 11.8 Å². The number of carbonyl (C=O) groups excluding carboxylic acids is 2. The summed E-state index contributed by atoms with van der Waals surface area (Å²) in [5.41, 5.74) is 0.0505. The van der Waals surface area contributed by atoms with Crippen molar-refractivity contribution in [2.24, 2.45) is 5.41 Å². The van der Waals surface area contributed by atoms with Gasteiger partial charge < -0.3 is 14.2 Å². The Morgan fingerprint density at radius 2 is 2.14 bits per heavy atom. The third-order valence-corrected chi connectivity index (χ3v) is 6.38. The van der Waals surface area contributed by atoms with Crippen molar-refractivity contribution in [3.63, 3.8) is 0 Å². The van der Waals surface area contributed by atoms with E-state index in [2.05, 4.69) is 10.00 Å². The molecule has 3 fully saturated rings. The fourth-order valence-electron chi connectivity index (χ4n) is 4.76. The van der Waals surface area contributed by atoms with E-state index in [9.17, 15) is 9.59 Å². The van der Waals surface area contributed by atoms with E-state index in [1.54, 1.807) is 16.9 Å². The molecule has 2 amide bonds. The molecule has 2 aliphatic heterocycles. The topological polar surface area (TPSA) is 71.6 Å². The van der Waals surface area contributed by atoms with Crippen molar-refractivity contribution in [2.45, 2.75) is 51.1 Å². The van der Waals surface area contributed by atoms with Crippen molar-refractivity contribution in [3.8, 4) is 0 Å². The molecule has 0 N–H and O–H groups in total. The van der Waals surface area contributed by atoms with E-state index in [1.807, 2.05) is 23.2 Å². The Bertz CT molecular complexity index is 870. The van der Waals surface area contributed by atoms with Gasteiger partial charge in [-0.2, -0.15) is 5.10 Å². The zero-order valence-electron chi connectivity index (χ0n) is 16.0. The Morgan fingerprint density at radius 3 is 2.93 bits per heavy atom. The Kier molecular flexibility index (Phi) is 4.25. The molecule has 0 unspecified atom stereocenters. The molecule has 148 valence electrons. The molecule has 1 spiro atoms. The molecule has 5 rings (SSSR count). The van der Waals surface area contributed by atoms with Crippen LogP contribution in [-0.2, 0) is 11.3 Å². The molecule has 0 bridgehead atoms. The number of rotatable bonds is 4. The van der Waals surface area contributed by atoms with Crippen LogP contribution in [0.3, 0.4) is 0 Å². The number of amides is 2. The third kappa shape index (κ3) is 3.34. The van der Waals surface area contributed by atoms with E-state index >= 15 is 0 Å². The lowest BCUT2D eigenvalue weighted by atomic mass is 9.73. The minimum absolute atomic E-state index is 0.0411. The van der Waals surface area contributed by atoms with E-state index in [1.165, 1.54) is 0 Å². The highest BCUT2D eigenvalue weighted by molar-refractivity contribution is 5.91. The lowest BCUT2D eigenvalue weighted by Crippen LogP contribution is -2.55. The molecule has 0 radical (unpaired) electrons. The summed E-state index contributed by atoms with van der Waals surface area (Å²) in [5.74, 6) is 1.37. The second-order valence-corrected chi connectivity index (χ2v) is 8.55. The number of likely N-dealkylation sites (tertiary alicyclic amines) is 2. The fraction of sp³-hybridized carbons (Fsp3) is 0.571. The predicted molar refractivity (Wildman–Crippen MR) is 102 cm³/mol. The Morgan fingerprint density at radius 1 is 1.25 bits per heavy atom. The summed E-state index contributed by atoms with van der Waals surface area (Å²) in [4.78, 5) is 29.4. The maximum absolute atomic E-state index is 13.1. The van der Waals surface area contributed by atoms with Gasteiger partial charge in [0, 0.05) is 49.9 Å². The molecule has 0 aromatic carbocycles. The Labute approximate surface area is 164 Å². The lowest BCUT2D eigenvalue weighted by Gasteiger charge is -2.48. The first-order valence-corrected chi connectivity index (χ1v) is 10.3. The van der Waals surface area contributed by atoms with Gasteiger partial charge in [-0.05, 0) is 50.3 Å². The number of furan rings is 1. The molecule has 2 aromatic rings. The Balaban J connectivity index is 1.28. The number of aromatic nitrogens is 2. The first kappa shape index (κ1) is 17.5. The fourth-order valence-corrected chi connectivity index (χ4v) is 4.76. The monoisotopic (exact) mass is 382 g/mol. The van der Waals surface area contributed by atoms with Crippen LogP contribution in [0.1, 0.15) is 54.8 Å². The van der Waals surface area contributed by atoms with Crippen LogP contribution >= 0.6 is 0 Å². The average Bonchev–Trinajstić information content (AvgIpc) is 3.22. The highest BCUT2D eigenvalue weighted by atomic mass is 16.4. The van der Waals surface area contributed by atoms with Crippen LogP contribution in [0.15, 0.2) is 35.0 Å². The minimum Gasteiger partial charge on any atom is -0.454 e. The summed E-state index contributed by atoms with van der Waals surface area (Å²) >= 11 is 0. The molecule has 4 heterocycles. The van der Waals surface area contributed by atoms with E-state index in [0.29, 0.717) is 30.7 Å². The molecule has 2 aromatic heterocycles. The molecule has 28 heavy (non-hydrogen) atoms. The SMILES string of the molecule is O=C(c1ccc(Cn2cccn2)o1)N1CCC[C@]2(CCC(=O)N(C3CC3)C2)C1. The van der Waals surface area contributed by atoms with E-state index in [0.717, 1.165) is 57.5 Å². The van der Waals surface area contributed by atoms with Crippen LogP contribution in [0.4, 0.5) is 0 Å². The molecule has 3 aliphatic rings. The maximum Gasteiger partial charge on any atom is 0.289 e. The Hall–Kier alpha value is -2.57. The second-order valence-electron chi connectivity index (χ2n) is 8.55. The summed E-state index contributed by atoms with van der Waals surface area (Å²) in [5, 5.41) is 4.17. The standard InChI is InChI=1S/C21H26N4O3/c26-19-7-9-21(15-25(19)16-3-4-16)8-1-11-23(14-21)20(27)18-6-5-17(28-18)13-24-12-2-10-22-24/h2,5-6,10,12,16H,1,3-4,7-9,11,13-15H2/t21-/m0/s1. The van der Waals surface area contributed by atoms with Crippen LogP contribution in [0, 0.1) is 5.41 Å². The molecule has 7 heteroatoms. The average molecular weight is 382 g/mol. The third-order valence-electron chi connectivity index (χ3n) is 6.38. The summed E-state index contributed by atoms with van der Waals surface area (Å²) in [6.07, 6.45) is 9.45. The number of piperidine rings is 2. The van der Waals surface area contributed by atoms with Crippen molar-refractivity contribution in [2.75, 3.05) is 19.6 Å². The van der Waals surface area contributed by atoms with Gasteiger partial charge in [0.15, 0.2) is 5.76 Å². The number of hydrogen-bond acceptors (Lipinski definition) is 4. The van der Waals surface area contributed by atoms with Gasteiger partial charge in [-0.25, -0.2) is 0 Å². The molecule has 7 nitrogen and oxygen atoms in total. The van der Waals surface area contributed by atoms with Gasteiger partial charge in [-0.15, -0.1) is 0 Å². The molecule has 1 atom stereocenters.